The molecule has 0 bridgehead atoms. The van der Waals surface area contributed by atoms with Crippen LogP contribution in [0.5, 0.6) is 0 Å². The van der Waals surface area contributed by atoms with E-state index in [0.717, 1.165) is 17.7 Å². The van der Waals surface area contributed by atoms with E-state index in [9.17, 15) is 28.2 Å². The van der Waals surface area contributed by atoms with Gasteiger partial charge in [-0.1, -0.05) is 41.9 Å². The van der Waals surface area contributed by atoms with Crippen molar-refractivity contribution in [2.24, 2.45) is 0 Å². The molecule has 0 aromatic heterocycles. The van der Waals surface area contributed by atoms with E-state index in [-0.39, 0.29) is 5.02 Å². The molecule has 0 aliphatic carbocycles. The van der Waals surface area contributed by atoms with Gasteiger partial charge in [-0.15, -0.1) is 0 Å². The molecule has 2 rings (SSSR count). The molecular formula is C17H16ClF3N2O3. The zero-order chi connectivity index (χ0) is 19.5. The minimum Gasteiger partial charge on any atom is -0.355 e. The van der Waals surface area contributed by atoms with Gasteiger partial charge in [0.2, 0.25) is 0 Å². The van der Waals surface area contributed by atoms with Crippen LogP contribution in [0.4, 0.5) is 23.7 Å². The highest BCUT2D eigenvalue weighted by Gasteiger charge is 2.55. The van der Waals surface area contributed by atoms with Crippen LogP contribution < -0.4 is 10.6 Å². The molecule has 1 atom stereocenters. The molecule has 2 aromatic rings. The first-order chi connectivity index (χ1) is 12.0. The summed E-state index contributed by atoms with van der Waals surface area (Å²) < 4.78 is 38.8. The minimum absolute atomic E-state index is 0.152. The fourth-order valence-electron chi connectivity index (χ4n) is 2.25. The number of hydrogen-bond donors (Lipinski definition) is 4. The normalized spacial score (nSPS) is 13.2. The average molecular weight is 389 g/mol. The molecule has 2 amide bonds. The van der Waals surface area contributed by atoms with Crippen LogP contribution in [0.1, 0.15) is 24.1 Å². The molecule has 0 unspecified atom stereocenters. The van der Waals surface area contributed by atoms with Crippen LogP contribution in [0.3, 0.4) is 0 Å². The van der Waals surface area contributed by atoms with Crippen molar-refractivity contribution in [1.29, 1.82) is 0 Å². The summed E-state index contributed by atoms with van der Waals surface area (Å²) in [7, 11) is 0. The third kappa shape index (κ3) is 4.46. The number of carbonyl (C=O) groups is 1. The molecule has 0 radical (unpaired) electrons. The second-order valence-electron chi connectivity index (χ2n) is 5.59. The van der Waals surface area contributed by atoms with Gasteiger partial charge in [0.25, 0.3) is 5.79 Å². The van der Waals surface area contributed by atoms with Crippen molar-refractivity contribution in [1.82, 2.24) is 5.32 Å². The highest BCUT2D eigenvalue weighted by molar-refractivity contribution is 6.30. The Morgan fingerprint density at radius 2 is 1.73 bits per heavy atom. The first-order valence-corrected chi connectivity index (χ1v) is 7.84. The Bertz CT molecular complexity index is 783. The first-order valence-electron chi connectivity index (χ1n) is 7.46. The van der Waals surface area contributed by atoms with E-state index in [2.05, 4.69) is 10.6 Å². The standard InChI is InChI=1S/C17H16ClF3N2O3/c1-10(11-5-3-2-4-6-11)22-15(24)23-14-8-7-12(18)9-13(14)16(25,26)17(19,20)21/h2-10,25-26H,1H3,(H2,22,23,24)/t10-/m1/s1. The molecule has 0 fully saturated rings. The van der Waals surface area contributed by atoms with Gasteiger partial charge < -0.3 is 20.8 Å². The van der Waals surface area contributed by atoms with Gasteiger partial charge in [-0.25, -0.2) is 4.79 Å². The topological polar surface area (TPSA) is 81.6 Å². The van der Waals surface area contributed by atoms with E-state index in [1.54, 1.807) is 37.3 Å². The number of benzene rings is 2. The van der Waals surface area contributed by atoms with E-state index in [0.29, 0.717) is 0 Å². The van der Waals surface area contributed by atoms with Crippen LogP contribution in [0.25, 0.3) is 0 Å². The summed E-state index contributed by atoms with van der Waals surface area (Å²) in [4.78, 5) is 12.1. The molecule has 26 heavy (non-hydrogen) atoms. The smallest absolute Gasteiger partial charge is 0.355 e. The predicted molar refractivity (Wildman–Crippen MR) is 90.6 cm³/mol. The third-order valence-corrected chi connectivity index (χ3v) is 3.88. The third-order valence-electron chi connectivity index (χ3n) is 3.65. The molecule has 4 N–H and O–H groups in total. The van der Waals surface area contributed by atoms with E-state index >= 15 is 0 Å². The summed E-state index contributed by atoms with van der Waals surface area (Å²) in [5, 5.41) is 23.6. The molecule has 0 heterocycles. The van der Waals surface area contributed by atoms with Crippen LogP contribution >= 0.6 is 11.6 Å². The van der Waals surface area contributed by atoms with Crippen molar-refractivity contribution >= 4 is 23.3 Å². The molecule has 0 spiro atoms. The van der Waals surface area contributed by atoms with Gasteiger partial charge in [-0.05, 0) is 30.7 Å². The highest BCUT2D eigenvalue weighted by atomic mass is 35.5. The van der Waals surface area contributed by atoms with Crippen LogP contribution in [0, 0.1) is 0 Å². The minimum atomic E-state index is -5.39. The number of carbonyl (C=O) groups excluding carboxylic acids is 1. The van der Waals surface area contributed by atoms with Crippen molar-refractivity contribution < 1.29 is 28.2 Å². The predicted octanol–water partition coefficient (Wildman–Crippen LogP) is 3.92. The average Bonchev–Trinajstić information content (AvgIpc) is 2.56. The summed E-state index contributed by atoms with van der Waals surface area (Å²) in [6, 6.07) is 10.6. The summed E-state index contributed by atoms with van der Waals surface area (Å²) in [5.74, 6) is -4.18. The molecule has 2 aromatic carbocycles. The van der Waals surface area contributed by atoms with Crippen molar-refractivity contribution in [2.45, 2.75) is 24.9 Å². The van der Waals surface area contributed by atoms with Gasteiger partial charge in [0.1, 0.15) is 0 Å². The zero-order valence-electron chi connectivity index (χ0n) is 13.5. The quantitative estimate of drug-likeness (QED) is 0.599. The number of hydrogen-bond acceptors (Lipinski definition) is 3. The molecule has 5 nitrogen and oxygen atoms in total. The number of urea groups is 1. The first kappa shape index (κ1) is 20.0. The summed E-state index contributed by atoms with van der Waals surface area (Å²) in [6.45, 7) is 1.69. The van der Waals surface area contributed by atoms with E-state index < -0.39 is 35.3 Å². The Kier molecular flexibility index (Phi) is 5.80. The molecular weight excluding hydrogens is 373 g/mol. The number of anilines is 1. The van der Waals surface area contributed by atoms with Gasteiger partial charge in [0.15, 0.2) is 0 Å². The number of aliphatic hydroxyl groups is 2. The van der Waals surface area contributed by atoms with Gasteiger partial charge in [0, 0.05) is 10.6 Å². The SMILES string of the molecule is C[C@@H](NC(=O)Nc1ccc(Cl)cc1C(O)(O)C(F)(F)F)c1ccccc1. The lowest BCUT2D eigenvalue weighted by molar-refractivity contribution is -0.358. The fraction of sp³-hybridized carbons (Fsp3) is 0.235. The fourth-order valence-corrected chi connectivity index (χ4v) is 2.42. The van der Waals surface area contributed by atoms with Crippen molar-refractivity contribution in [3.05, 3.63) is 64.7 Å². The molecule has 0 aliphatic heterocycles. The molecule has 0 saturated carbocycles. The zero-order valence-corrected chi connectivity index (χ0v) is 14.3. The lowest BCUT2D eigenvalue weighted by atomic mass is 10.0. The number of rotatable bonds is 4. The highest BCUT2D eigenvalue weighted by Crippen LogP contribution is 2.40. The van der Waals surface area contributed by atoms with Gasteiger partial charge in [-0.2, -0.15) is 13.2 Å². The number of amides is 2. The Morgan fingerprint density at radius 3 is 2.31 bits per heavy atom. The largest absolute Gasteiger partial charge is 0.447 e. The maximum atomic E-state index is 12.9. The van der Waals surface area contributed by atoms with Crippen molar-refractivity contribution in [3.8, 4) is 0 Å². The Morgan fingerprint density at radius 1 is 1.12 bits per heavy atom. The molecule has 9 heteroatoms. The van der Waals surface area contributed by atoms with Gasteiger partial charge >= 0.3 is 12.2 Å². The van der Waals surface area contributed by atoms with E-state index in [4.69, 9.17) is 11.6 Å². The number of alkyl halides is 3. The molecule has 140 valence electrons. The summed E-state index contributed by atoms with van der Waals surface area (Å²) in [5.41, 5.74) is -0.637. The summed E-state index contributed by atoms with van der Waals surface area (Å²) >= 11 is 5.66. The van der Waals surface area contributed by atoms with Crippen molar-refractivity contribution in [3.63, 3.8) is 0 Å². The lowest BCUT2D eigenvalue weighted by Gasteiger charge is -2.27. The second kappa shape index (κ2) is 7.53. The Hall–Kier alpha value is -2.29. The second-order valence-corrected chi connectivity index (χ2v) is 6.03. The maximum absolute atomic E-state index is 12.9. The van der Waals surface area contributed by atoms with Gasteiger partial charge in [0.05, 0.1) is 11.7 Å². The summed E-state index contributed by atoms with van der Waals surface area (Å²) in [6.07, 6.45) is -5.39. The number of nitrogens with one attached hydrogen (secondary N) is 2. The lowest BCUT2D eigenvalue weighted by Crippen LogP contribution is -2.43. The van der Waals surface area contributed by atoms with Gasteiger partial charge in [-0.3, -0.25) is 0 Å². The van der Waals surface area contributed by atoms with Crippen molar-refractivity contribution in [2.75, 3.05) is 5.32 Å². The van der Waals surface area contributed by atoms with Crippen LogP contribution in [-0.4, -0.2) is 22.4 Å². The van der Waals surface area contributed by atoms with E-state index in [1.807, 2.05) is 0 Å². The van der Waals surface area contributed by atoms with Crippen LogP contribution in [0.15, 0.2) is 48.5 Å². The molecule has 0 saturated heterocycles. The Balaban J connectivity index is 2.23. The maximum Gasteiger partial charge on any atom is 0.447 e. The van der Waals surface area contributed by atoms with Crippen LogP contribution in [-0.2, 0) is 5.79 Å². The molecule has 0 aliphatic rings. The number of halogens is 4. The van der Waals surface area contributed by atoms with Crippen LogP contribution in [0.2, 0.25) is 5.02 Å². The van der Waals surface area contributed by atoms with E-state index in [1.165, 1.54) is 6.07 Å². The Labute approximate surface area is 152 Å². The monoisotopic (exact) mass is 388 g/mol.